The molecule has 5 nitrogen and oxygen atoms in total. The lowest BCUT2D eigenvalue weighted by atomic mass is 10.2. The second kappa shape index (κ2) is 9.63. The minimum Gasteiger partial charge on any atom is -0.467 e. The van der Waals surface area contributed by atoms with Crippen molar-refractivity contribution in [2.24, 2.45) is 4.99 Å². The highest BCUT2D eigenvalue weighted by atomic mass is 16.5. The predicted octanol–water partition coefficient (Wildman–Crippen LogP) is 2.55. The van der Waals surface area contributed by atoms with E-state index in [1.165, 1.54) is 5.56 Å². The molecule has 0 radical (unpaired) electrons. The first-order valence-electron chi connectivity index (χ1n) is 7.47. The Hall–Kier alpha value is -2.27. The fourth-order valence-electron chi connectivity index (χ4n) is 1.95. The fraction of sp³-hybridized carbons (Fsp3) is 0.353. The summed E-state index contributed by atoms with van der Waals surface area (Å²) in [5, 5.41) is 6.55. The molecular formula is C17H23N3O2. The zero-order valence-electron chi connectivity index (χ0n) is 12.9. The van der Waals surface area contributed by atoms with Crippen LogP contribution < -0.4 is 10.6 Å². The lowest BCUT2D eigenvalue weighted by Crippen LogP contribution is -2.37. The van der Waals surface area contributed by atoms with Crippen LogP contribution in [0.15, 0.2) is 58.1 Å². The Morgan fingerprint density at radius 1 is 1.14 bits per heavy atom. The molecule has 0 saturated carbocycles. The van der Waals surface area contributed by atoms with Gasteiger partial charge in [-0.15, -0.1) is 0 Å². The van der Waals surface area contributed by atoms with Gasteiger partial charge < -0.3 is 19.8 Å². The highest BCUT2D eigenvalue weighted by Gasteiger charge is 1.98. The van der Waals surface area contributed by atoms with E-state index < -0.39 is 0 Å². The molecule has 0 atom stereocenters. The topological polar surface area (TPSA) is 58.8 Å². The largest absolute Gasteiger partial charge is 0.467 e. The fourth-order valence-corrected chi connectivity index (χ4v) is 1.95. The third-order valence-electron chi connectivity index (χ3n) is 3.11. The minimum absolute atomic E-state index is 0.522. The summed E-state index contributed by atoms with van der Waals surface area (Å²) in [5.41, 5.74) is 1.23. The Morgan fingerprint density at radius 3 is 2.73 bits per heavy atom. The number of guanidine groups is 1. The molecule has 2 aromatic rings. The highest BCUT2D eigenvalue weighted by Crippen LogP contribution is 2.01. The average molecular weight is 301 g/mol. The monoisotopic (exact) mass is 301 g/mol. The zero-order valence-corrected chi connectivity index (χ0v) is 12.9. The molecule has 2 rings (SSSR count). The summed E-state index contributed by atoms with van der Waals surface area (Å²) in [6, 6.07) is 14.0. The first kappa shape index (κ1) is 16.1. The molecule has 0 spiro atoms. The lowest BCUT2D eigenvalue weighted by Gasteiger charge is -2.11. The van der Waals surface area contributed by atoms with Gasteiger partial charge in [-0.3, -0.25) is 4.99 Å². The van der Waals surface area contributed by atoms with Gasteiger partial charge in [0, 0.05) is 26.7 Å². The second-order valence-corrected chi connectivity index (χ2v) is 4.82. The van der Waals surface area contributed by atoms with Crippen LogP contribution in [0.25, 0.3) is 0 Å². The van der Waals surface area contributed by atoms with Gasteiger partial charge in [-0.05, 0) is 24.1 Å². The van der Waals surface area contributed by atoms with Crippen molar-refractivity contribution in [3.05, 3.63) is 60.1 Å². The summed E-state index contributed by atoms with van der Waals surface area (Å²) in [7, 11) is 1.77. The third-order valence-corrected chi connectivity index (χ3v) is 3.11. The van der Waals surface area contributed by atoms with E-state index in [1.807, 2.05) is 30.3 Å². The molecule has 0 saturated heterocycles. The van der Waals surface area contributed by atoms with Crippen molar-refractivity contribution in [2.45, 2.75) is 19.6 Å². The molecule has 118 valence electrons. The van der Waals surface area contributed by atoms with Crippen LogP contribution in [0, 0.1) is 0 Å². The van der Waals surface area contributed by atoms with Crippen LogP contribution in [-0.4, -0.2) is 26.2 Å². The first-order chi connectivity index (χ1) is 10.9. The number of ether oxygens (including phenoxy) is 1. The molecule has 0 aliphatic heterocycles. The van der Waals surface area contributed by atoms with Gasteiger partial charge in [0.05, 0.1) is 6.26 Å². The van der Waals surface area contributed by atoms with Crippen LogP contribution in [0.2, 0.25) is 0 Å². The maximum atomic E-state index is 5.53. The van der Waals surface area contributed by atoms with Gasteiger partial charge in [0.15, 0.2) is 5.96 Å². The Labute approximate surface area is 131 Å². The zero-order chi connectivity index (χ0) is 15.5. The quantitative estimate of drug-likeness (QED) is 0.447. The number of benzene rings is 1. The predicted molar refractivity (Wildman–Crippen MR) is 87.6 cm³/mol. The van der Waals surface area contributed by atoms with Crippen molar-refractivity contribution in [3.8, 4) is 0 Å². The summed E-state index contributed by atoms with van der Waals surface area (Å²) in [6.07, 6.45) is 2.56. The summed E-state index contributed by atoms with van der Waals surface area (Å²) in [4.78, 5) is 4.20. The van der Waals surface area contributed by atoms with Crippen molar-refractivity contribution >= 4 is 5.96 Å². The number of aliphatic imine (C=N–C) groups is 1. The molecule has 2 N–H and O–H groups in total. The minimum atomic E-state index is 0.522. The van der Waals surface area contributed by atoms with Gasteiger partial charge in [0.2, 0.25) is 0 Å². The van der Waals surface area contributed by atoms with Crippen molar-refractivity contribution in [2.75, 3.05) is 20.2 Å². The summed E-state index contributed by atoms with van der Waals surface area (Å²) in [5.74, 6) is 1.66. The van der Waals surface area contributed by atoms with Gasteiger partial charge >= 0.3 is 0 Å². The van der Waals surface area contributed by atoms with Gasteiger partial charge in [0.25, 0.3) is 0 Å². The molecule has 0 aliphatic carbocycles. The molecule has 1 heterocycles. The normalized spacial score (nSPS) is 11.4. The molecule has 0 fully saturated rings. The lowest BCUT2D eigenvalue weighted by molar-refractivity contribution is 0.105. The van der Waals surface area contributed by atoms with E-state index in [1.54, 1.807) is 13.3 Å². The summed E-state index contributed by atoms with van der Waals surface area (Å²) < 4.78 is 10.7. The van der Waals surface area contributed by atoms with Crippen LogP contribution in [0.3, 0.4) is 0 Å². The number of rotatable bonds is 8. The smallest absolute Gasteiger partial charge is 0.191 e. The van der Waals surface area contributed by atoms with Crippen LogP contribution in [0.5, 0.6) is 0 Å². The summed E-state index contributed by atoms with van der Waals surface area (Å²) >= 11 is 0. The molecule has 0 bridgehead atoms. The van der Waals surface area contributed by atoms with Gasteiger partial charge in [-0.1, -0.05) is 30.3 Å². The van der Waals surface area contributed by atoms with Gasteiger partial charge in [0.1, 0.15) is 12.4 Å². The molecule has 1 aromatic carbocycles. The SMILES string of the molecule is CN=C(NCCCOCc1ccco1)NCc1ccccc1. The Balaban J connectivity index is 1.54. The van der Waals surface area contributed by atoms with Crippen LogP contribution >= 0.6 is 0 Å². The van der Waals surface area contributed by atoms with E-state index >= 15 is 0 Å². The third kappa shape index (κ3) is 6.01. The molecule has 5 heteroatoms. The van der Waals surface area contributed by atoms with E-state index in [0.717, 1.165) is 31.2 Å². The highest BCUT2D eigenvalue weighted by molar-refractivity contribution is 5.79. The maximum Gasteiger partial charge on any atom is 0.191 e. The van der Waals surface area contributed by atoms with Gasteiger partial charge in [-0.25, -0.2) is 0 Å². The molecule has 22 heavy (non-hydrogen) atoms. The summed E-state index contributed by atoms with van der Waals surface area (Å²) in [6.45, 7) is 2.78. The number of furan rings is 1. The van der Waals surface area contributed by atoms with Crippen LogP contribution in [-0.2, 0) is 17.9 Å². The molecule has 0 unspecified atom stereocenters. The first-order valence-corrected chi connectivity index (χ1v) is 7.47. The standard InChI is InChI=1S/C17H23N3O2/c1-18-17(20-13-15-7-3-2-4-8-15)19-10-6-11-21-14-16-9-5-12-22-16/h2-5,7-9,12H,6,10-11,13-14H2,1H3,(H2,18,19,20). The van der Waals surface area contributed by atoms with Crippen LogP contribution in [0.1, 0.15) is 17.7 Å². The number of nitrogens with one attached hydrogen (secondary N) is 2. The van der Waals surface area contributed by atoms with E-state index in [2.05, 4.69) is 27.8 Å². The number of hydrogen-bond acceptors (Lipinski definition) is 3. The number of hydrogen-bond donors (Lipinski definition) is 2. The Kier molecular flexibility index (Phi) is 7.05. The van der Waals surface area contributed by atoms with Crippen molar-refractivity contribution < 1.29 is 9.15 Å². The van der Waals surface area contributed by atoms with Crippen molar-refractivity contribution in [1.82, 2.24) is 10.6 Å². The molecular weight excluding hydrogens is 278 g/mol. The van der Waals surface area contributed by atoms with Crippen molar-refractivity contribution in [3.63, 3.8) is 0 Å². The average Bonchev–Trinajstić information content (AvgIpc) is 3.08. The van der Waals surface area contributed by atoms with E-state index in [0.29, 0.717) is 13.2 Å². The molecule has 0 amide bonds. The maximum absolute atomic E-state index is 5.53. The van der Waals surface area contributed by atoms with E-state index in [4.69, 9.17) is 9.15 Å². The van der Waals surface area contributed by atoms with Crippen molar-refractivity contribution in [1.29, 1.82) is 0 Å². The Morgan fingerprint density at radius 2 is 2.00 bits per heavy atom. The van der Waals surface area contributed by atoms with Gasteiger partial charge in [-0.2, -0.15) is 0 Å². The number of nitrogens with zero attached hydrogens (tertiary/aromatic N) is 1. The second-order valence-electron chi connectivity index (χ2n) is 4.82. The van der Waals surface area contributed by atoms with E-state index in [9.17, 15) is 0 Å². The molecule has 0 aliphatic rings. The van der Waals surface area contributed by atoms with E-state index in [-0.39, 0.29) is 0 Å². The Bertz CT molecular complexity index is 538. The molecule has 1 aromatic heterocycles. The van der Waals surface area contributed by atoms with Crippen LogP contribution in [0.4, 0.5) is 0 Å².